The second-order valence-electron chi connectivity index (χ2n) is 3.75. The molecule has 2 aromatic rings. The molecule has 0 aromatic carbocycles. The fraction of sp³-hybridized carbons (Fsp3) is 0.364. The number of hydrogen-bond donors (Lipinski definition) is 3. The largest absolute Gasteiger partial charge is 0.369 e. The SMILES string of the molecule is CCC=CCCc1nc2nc(N)[nH]c(=O)c2[nH]1. The summed E-state index contributed by atoms with van der Waals surface area (Å²) in [4.78, 5) is 25.1. The Balaban J connectivity index is 2.23. The number of nitrogens with zero attached hydrogens (tertiary/aromatic N) is 2. The van der Waals surface area contributed by atoms with Gasteiger partial charge in [0.15, 0.2) is 11.2 Å². The van der Waals surface area contributed by atoms with Crippen molar-refractivity contribution in [3.8, 4) is 0 Å². The number of allylic oxidation sites excluding steroid dienone is 2. The zero-order chi connectivity index (χ0) is 12.3. The molecule has 0 aliphatic carbocycles. The van der Waals surface area contributed by atoms with Gasteiger partial charge in [-0.05, 0) is 12.8 Å². The molecular weight excluding hydrogens is 218 g/mol. The van der Waals surface area contributed by atoms with Gasteiger partial charge in [-0.2, -0.15) is 4.98 Å². The van der Waals surface area contributed by atoms with E-state index in [0.29, 0.717) is 11.2 Å². The number of imidazole rings is 1. The number of hydrogen-bond acceptors (Lipinski definition) is 4. The lowest BCUT2D eigenvalue weighted by Crippen LogP contribution is -2.10. The normalized spacial score (nSPS) is 11.6. The molecule has 0 saturated carbocycles. The Hall–Kier alpha value is -2.11. The number of nitrogens with two attached hydrogens (primary N) is 1. The minimum Gasteiger partial charge on any atom is -0.369 e. The van der Waals surface area contributed by atoms with Crippen LogP contribution in [0.15, 0.2) is 16.9 Å². The second-order valence-corrected chi connectivity index (χ2v) is 3.75. The van der Waals surface area contributed by atoms with Crippen molar-refractivity contribution in [2.45, 2.75) is 26.2 Å². The van der Waals surface area contributed by atoms with E-state index in [1.807, 2.05) is 0 Å². The van der Waals surface area contributed by atoms with Crippen molar-refractivity contribution in [1.82, 2.24) is 19.9 Å². The molecule has 0 unspecified atom stereocenters. The average Bonchev–Trinajstić information content (AvgIpc) is 2.67. The molecule has 0 aliphatic rings. The van der Waals surface area contributed by atoms with Crippen LogP contribution in [0.3, 0.4) is 0 Å². The van der Waals surface area contributed by atoms with Crippen LogP contribution >= 0.6 is 0 Å². The Bertz CT molecular complexity index is 595. The Labute approximate surface area is 98.0 Å². The monoisotopic (exact) mass is 233 g/mol. The molecule has 4 N–H and O–H groups in total. The highest BCUT2D eigenvalue weighted by atomic mass is 16.1. The maximum absolute atomic E-state index is 11.5. The molecule has 6 nitrogen and oxygen atoms in total. The third kappa shape index (κ3) is 2.52. The van der Waals surface area contributed by atoms with Gasteiger partial charge in [-0.3, -0.25) is 9.78 Å². The van der Waals surface area contributed by atoms with Crippen molar-refractivity contribution in [3.05, 3.63) is 28.3 Å². The summed E-state index contributed by atoms with van der Waals surface area (Å²) in [6.45, 7) is 2.09. The Morgan fingerprint density at radius 2 is 2.12 bits per heavy atom. The smallest absolute Gasteiger partial charge is 0.278 e. The van der Waals surface area contributed by atoms with Crippen LogP contribution in [0.25, 0.3) is 11.2 Å². The molecular formula is C11H15N5O. The van der Waals surface area contributed by atoms with Crippen molar-refractivity contribution in [2.24, 2.45) is 0 Å². The fourth-order valence-electron chi connectivity index (χ4n) is 1.59. The molecule has 90 valence electrons. The number of nitrogen functional groups attached to an aromatic ring is 1. The molecule has 0 spiro atoms. The highest BCUT2D eigenvalue weighted by Gasteiger charge is 2.07. The average molecular weight is 233 g/mol. The minimum atomic E-state index is -0.282. The van der Waals surface area contributed by atoms with Gasteiger partial charge in [-0.25, -0.2) is 4.98 Å². The number of aromatic amines is 2. The van der Waals surface area contributed by atoms with Gasteiger partial charge in [-0.1, -0.05) is 19.1 Å². The molecule has 0 atom stereocenters. The summed E-state index contributed by atoms with van der Waals surface area (Å²) in [6, 6.07) is 0. The van der Waals surface area contributed by atoms with Gasteiger partial charge in [0.1, 0.15) is 5.82 Å². The lowest BCUT2D eigenvalue weighted by Gasteiger charge is -1.89. The van der Waals surface area contributed by atoms with Gasteiger partial charge in [0, 0.05) is 6.42 Å². The van der Waals surface area contributed by atoms with Gasteiger partial charge in [0.25, 0.3) is 5.56 Å². The zero-order valence-electron chi connectivity index (χ0n) is 9.66. The lowest BCUT2D eigenvalue weighted by atomic mass is 10.2. The predicted octanol–water partition coefficient (Wildman–Crippen LogP) is 1.13. The summed E-state index contributed by atoms with van der Waals surface area (Å²) < 4.78 is 0. The van der Waals surface area contributed by atoms with Crippen LogP contribution in [-0.4, -0.2) is 19.9 Å². The first-order valence-electron chi connectivity index (χ1n) is 5.60. The number of rotatable bonds is 4. The Morgan fingerprint density at radius 3 is 2.88 bits per heavy atom. The zero-order valence-corrected chi connectivity index (χ0v) is 9.66. The maximum Gasteiger partial charge on any atom is 0.278 e. The van der Waals surface area contributed by atoms with Gasteiger partial charge < -0.3 is 10.7 Å². The number of aryl methyl sites for hydroxylation is 1. The first kappa shape index (κ1) is 11.4. The molecule has 6 heteroatoms. The van der Waals surface area contributed by atoms with Crippen LogP contribution in [0.5, 0.6) is 0 Å². The van der Waals surface area contributed by atoms with Gasteiger partial charge in [-0.15, -0.1) is 0 Å². The van der Waals surface area contributed by atoms with Crippen LogP contribution in [0.4, 0.5) is 5.95 Å². The predicted molar refractivity (Wildman–Crippen MR) is 66.7 cm³/mol. The maximum atomic E-state index is 11.5. The van der Waals surface area contributed by atoms with Crippen molar-refractivity contribution < 1.29 is 0 Å². The van der Waals surface area contributed by atoms with Gasteiger partial charge in [0.05, 0.1) is 0 Å². The molecule has 0 saturated heterocycles. The molecule has 0 fully saturated rings. The Kier molecular flexibility index (Phi) is 3.22. The van der Waals surface area contributed by atoms with Crippen molar-refractivity contribution in [1.29, 1.82) is 0 Å². The molecule has 2 rings (SSSR count). The molecule has 2 heterocycles. The van der Waals surface area contributed by atoms with E-state index in [0.717, 1.165) is 25.1 Å². The summed E-state index contributed by atoms with van der Waals surface area (Å²) >= 11 is 0. The third-order valence-corrected chi connectivity index (χ3v) is 2.38. The van der Waals surface area contributed by atoms with Crippen LogP contribution in [0.2, 0.25) is 0 Å². The van der Waals surface area contributed by atoms with Crippen LogP contribution in [-0.2, 0) is 6.42 Å². The van der Waals surface area contributed by atoms with Gasteiger partial charge >= 0.3 is 0 Å². The number of aromatic nitrogens is 4. The van der Waals surface area contributed by atoms with E-state index in [9.17, 15) is 4.79 Å². The lowest BCUT2D eigenvalue weighted by molar-refractivity contribution is 0.911. The van der Waals surface area contributed by atoms with Crippen LogP contribution < -0.4 is 11.3 Å². The van der Waals surface area contributed by atoms with Crippen molar-refractivity contribution in [3.63, 3.8) is 0 Å². The number of anilines is 1. The van der Waals surface area contributed by atoms with E-state index in [4.69, 9.17) is 5.73 Å². The van der Waals surface area contributed by atoms with E-state index in [-0.39, 0.29) is 11.5 Å². The fourth-order valence-corrected chi connectivity index (χ4v) is 1.59. The first-order chi connectivity index (χ1) is 8.20. The molecule has 0 aliphatic heterocycles. The van der Waals surface area contributed by atoms with Gasteiger partial charge in [0.2, 0.25) is 5.95 Å². The summed E-state index contributed by atoms with van der Waals surface area (Å²) in [5, 5.41) is 0. The van der Waals surface area contributed by atoms with E-state index >= 15 is 0 Å². The first-order valence-corrected chi connectivity index (χ1v) is 5.60. The van der Waals surface area contributed by atoms with Crippen LogP contribution in [0.1, 0.15) is 25.6 Å². The van der Waals surface area contributed by atoms with E-state index in [2.05, 4.69) is 39.0 Å². The van der Waals surface area contributed by atoms with E-state index < -0.39 is 0 Å². The molecule has 2 aromatic heterocycles. The molecule has 0 radical (unpaired) electrons. The molecule has 0 bridgehead atoms. The number of nitrogens with one attached hydrogen (secondary N) is 2. The quantitative estimate of drug-likeness (QED) is 0.689. The standard InChI is InChI=1S/C11H15N5O/c1-2-3-4-5-6-7-13-8-9(14-7)15-11(12)16-10(8)17/h3-4H,2,5-6H2,1H3,(H4,12,13,14,15,16,17). The number of H-pyrrole nitrogens is 2. The van der Waals surface area contributed by atoms with E-state index in [1.165, 1.54) is 0 Å². The van der Waals surface area contributed by atoms with Crippen LogP contribution in [0, 0.1) is 0 Å². The molecule has 0 amide bonds. The van der Waals surface area contributed by atoms with Crippen molar-refractivity contribution >= 4 is 17.1 Å². The third-order valence-electron chi connectivity index (χ3n) is 2.38. The Morgan fingerprint density at radius 1 is 1.29 bits per heavy atom. The summed E-state index contributed by atoms with van der Waals surface area (Å²) in [5.41, 5.74) is 5.92. The topological polar surface area (TPSA) is 100 Å². The van der Waals surface area contributed by atoms with E-state index in [1.54, 1.807) is 0 Å². The molecule has 17 heavy (non-hydrogen) atoms. The summed E-state index contributed by atoms with van der Waals surface area (Å²) in [6.07, 6.45) is 6.87. The number of fused-ring (bicyclic) bond motifs is 1. The summed E-state index contributed by atoms with van der Waals surface area (Å²) in [7, 11) is 0. The minimum absolute atomic E-state index is 0.0893. The summed E-state index contributed by atoms with van der Waals surface area (Å²) in [5.74, 6) is 0.843. The highest BCUT2D eigenvalue weighted by Crippen LogP contribution is 2.06. The highest BCUT2D eigenvalue weighted by molar-refractivity contribution is 5.70. The second kappa shape index (κ2) is 4.82. The van der Waals surface area contributed by atoms with Crippen molar-refractivity contribution in [2.75, 3.05) is 5.73 Å².